The van der Waals surface area contributed by atoms with Gasteiger partial charge in [0.25, 0.3) is 0 Å². The summed E-state index contributed by atoms with van der Waals surface area (Å²) < 4.78 is 9.50. The Kier molecular flexibility index (Phi) is 13.1. The number of hydrogen-bond acceptors (Lipinski definition) is 1. The zero-order valence-electron chi connectivity index (χ0n) is 6.28. The van der Waals surface area contributed by atoms with Gasteiger partial charge in [0.2, 0.25) is 0 Å². The summed E-state index contributed by atoms with van der Waals surface area (Å²) in [5.74, 6) is 0. The monoisotopic (exact) mass is 133 g/mol. The molecule has 0 spiro atoms. The highest BCUT2D eigenvalue weighted by Crippen LogP contribution is 2.14. The second-order valence-corrected chi connectivity index (χ2v) is 1.91. The second kappa shape index (κ2) is 10.5. The summed E-state index contributed by atoms with van der Waals surface area (Å²) in [7, 11) is 0.500. The molecule has 0 atom stereocenters. The first kappa shape index (κ1) is 11.3. The van der Waals surface area contributed by atoms with Crippen molar-refractivity contribution in [3.8, 4) is 0 Å². The van der Waals surface area contributed by atoms with Gasteiger partial charge in [0.15, 0.2) is 0 Å². The second-order valence-electron chi connectivity index (χ2n) is 1.91. The highest BCUT2D eigenvalue weighted by Gasteiger charge is 1.95. The summed E-state index contributed by atoms with van der Waals surface area (Å²) >= 11 is 0. The molecule has 1 saturated carbocycles. The molecule has 1 rings (SSSR count). The van der Waals surface area contributed by atoms with Crippen LogP contribution in [0.5, 0.6) is 0 Å². The molecule has 2 N–H and O–H groups in total. The normalized spacial score (nSPS) is 11.4. The van der Waals surface area contributed by atoms with Crippen LogP contribution in [-0.4, -0.2) is 7.18 Å². The molecule has 0 aromatic carbocycles. The summed E-state index contributed by atoms with van der Waals surface area (Å²) in [6.45, 7) is 5.08. The summed E-state index contributed by atoms with van der Waals surface area (Å²) in [6.07, 6.45) is 4.50. The van der Waals surface area contributed by atoms with Crippen LogP contribution in [0.2, 0.25) is 0 Å². The van der Waals surface area contributed by atoms with Gasteiger partial charge in [-0.05, 0) is 12.6 Å². The predicted molar refractivity (Wildman–Crippen MR) is 39.9 cm³/mol. The third kappa shape index (κ3) is 1010. The van der Waals surface area contributed by atoms with E-state index >= 15 is 0 Å². The van der Waals surface area contributed by atoms with E-state index in [9.17, 15) is 4.39 Å². The van der Waals surface area contributed by atoms with Gasteiger partial charge in [-0.3, -0.25) is 4.39 Å². The van der Waals surface area contributed by atoms with Crippen molar-refractivity contribution in [1.29, 1.82) is 0 Å². The molecule has 1 aliphatic carbocycles. The van der Waals surface area contributed by atoms with Crippen molar-refractivity contribution in [2.45, 2.75) is 26.2 Å². The number of alkyl halides is 1. The molecule has 56 valence electrons. The summed E-state index contributed by atoms with van der Waals surface area (Å²) in [6, 6.07) is 0. The van der Waals surface area contributed by atoms with E-state index in [1.165, 1.54) is 19.3 Å². The standard InChI is InChI=1S/C3H7N.C3H6.CH3F/c1-3(2)4;1-2-3-1;1-2/h1,4H2,2H3;1-3H2;1H3. The molecule has 0 unspecified atom stereocenters. The Hall–Kier alpha value is -0.530. The predicted octanol–water partition coefficient (Wildman–Crippen LogP) is 2.23. The average Bonchev–Trinajstić information content (AvgIpc) is 2.50. The van der Waals surface area contributed by atoms with Crippen molar-refractivity contribution < 1.29 is 4.39 Å². The topological polar surface area (TPSA) is 26.0 Å². The molecular formula is C7H16FN. The first-order chi connectivity index (χ1) is 4.23. The van der Waals surface area contributed by atoms with Gasteiger partial charge in [0, 0.05) is 0 Å². The maximum atomic E-state index is 9.50. The van der Waals surface area contributed by atoms with Crippen molar-refractivity contribution in [2.75, 3.05) is 7.18 Å². The molecule has 1 aliphatic rings. The first-order valence-corrected chi connectivity index (χ1v) is 3.02. The molecule has 0 aliphatic heterocycles. The Bertz CT molecular complexity index is 53.2. The molecule has 0 amide bonds. The van der Waals surface area contributed by atoms with Crippen LogP contribution in [0.1, 0.15) is 26.2 Å². The first-order valence-electron chi connectivity index (χ1n) is 3.02. The summed E-state index contributed by atoms with van der Waals surface area (Å²) in [5, 5.41) is 0. The highest BCUT2D eigenvalue weighted by molar-refractivity contribution is 4.76. The van der Waals surface area contributed by atoms with E-state index < -0.39 is 0 Å². The Balaban J connectivity index is 0. The lowest BCUT2D eigenvalue weighted by Gasteiger charge is -1.69. The molecule has 9 heavy (non-hydrogen) atoms. The van der Waals surface area contributed by atoms with Crippen LogP contribution in [0.15, 0.2) is 12.3 Å². The summed E-state index contributed by atoms with van der Waals surface area (Å²) in [4.78, 5) is 0. The SMILES string of the molecule is C1CC1.C=C(C)N.CF. The molecule has 1 fully saturated rings. The van der Waals surface area contributed by atoms with Crippen LogP contribution in [-0.2, 0) is 0 Å². The Labute approximate surface area is 56.8 Å². The van der Waals surface area contributed by atoms with E-state index in [2.05, 4.69) is 6.58 Å². The Morgan fingerprint density at radius 3 is 1.44 bits per heavy atom. The van der Waals surface area contributed by atoms with Gasteiger partial charge >= 0.3 is 0 Å². The molecule has 0 aromatic heterocycles. The number of halogens is 1. The largest absolute Gasteiger partial charge is 0.403 e. The van der Waals surface area contributed by atoms with Crippen molar-refractivity contribution in [3.63, 3.8) is 0 Å². The number of rotatable bonds is 0. The zero-order valence-corrected chi connectivity index (χ0v) is 6.28. The van der Waals surface area contributed by atoms with Crippen molar-refractivity contribution in [3.05, 3.63) is 12.3 Å². The van der Waals surface area contributed by atoms with Crippen LogP contribution in [0.25, 0.3) is 0 Å². The molecule has 0 bridgehead atoms. The smallest absolute Gasteiger partial charge is 0.0785 e. The maximum absolute atomic E-state index is 9.50. The fourth-order valence-corrected chi connectivity index (χ4v) is 0. The van der Waals surface area contributed by atoms with Crippen LogP contribution in [0.3, 0.4) is 0 Å². The highest BCUT2D eigenvalue weighted by atomic mass is 19.1. The molecule has 0 radical (unpaired) electrons. The maximum Gasteiger partial charge on any atom is 0.0785 e. The van der Waals surface area contributed by atoms with E-state index in [1.807, 2.05) is 0 Å². The van der Waals surface area contributed by atoms with E-state index in [-0.39, 0.29) is 0 Å². The molecule has 0 heterocycles. The number of hydrogen-bond donors (Lipinski definition) is 1. The van der Waals surface area contributed by atoms with Crippen molar-refractivity contribution in [2.24, 2.45) is 5.73 Å². The van der Waals surface area contributed by atoms with E-state index in [1.54, 1.807) is 6.92 Å². The fraction of sp³-hybridized carbons (Fsp3) is 0.714. The van der Waals surface area contributed by atoms with E-state index in [0.29, 0.717) is 12.9 Å². The lowest BCUT2D eigenvalue weighted by molar-refractivity contribution is 0.636. The zero-order chi connectivity index (χ0) is 7.70. The van der Waals surface area contributed by atoms with Gasteiger partial charge in [-0.25, -0.2) is 0 Å². The Morgan fingerprint density at radius 1 is 1.33 bits per heavy atom. The van der Waals surface area contributed by atoms with Crippen molar-refractivity contribution in [1.82, 2.24) is 0 Å². The lowest BCUT2D eigenvalue weighted by Crippen LogP contribution is -1.83. The third-order valence-corrected chi connectivity index (χ3v) is 0.354. The molecular weight excluding hydrogens is 117 g/mol. The van der Waals surface area contributed by atoms with Crippen LogP contribution >= 0.6 is 0 Å². The van der Waals surface area contributed by atoms with Gasteiger partial charge < -0.3 is 5.73 Å². The minimum Gasteiger partial charge on any atom is -0.403 e. The quantitative estimate of drug-likeness (QED) is 0.538. The minimum absolute atomic E-state index is 0.500. The molecule has 0 aromatic rings. The van der Waals surface area contributed by atoms with Crippen LogP contribution in [0.4, 0.5) is 4.39 Å². The minimum atomic E-state index is 0.500. The van der Waals surface area contributed by atoms with E-state index in [0.717, 1.165) is 0 Å². The molecule has 1 nitrogen and oxygen atoms in total. The van der Waals surface area contributed by atoms with Gasteiger partial charge in [0.05, 0.1) is 7.18 Å². The lowest BCUT2D eigenvalue weighted by atomic mass is 10.6. The van der Waals surface area contributed by atoms with Gasteiger partial charge in [-0.1, -0.05) is 25.8 Å². The fourth-order valence-electron chi connectivity index (χ4n) is 0. The summed E-state index contributed by atoms with van der Waals surface area (Å²) in [5.41, 5.74) is 5.58. The van der Waals surface area contributed by atoms with Crippen molar-refractivity contribution >= 4 is 0 Å². The average molecular weight is 133 g/mol. The van der Waals surface area contributed by atoms with Gasteiger partial charge in [-0.15, -0.1) is 0 Å². The molecule has 0 saturated heterocycles. The number of nitrogens with two attached hydrogens (primary N) is 1. The molecule has 2 heteroatoms. The number of allylic oxidation sites excluding steroid dienone is 1. The Morgan fingerprint density at radius 2 is 1.44 bits per heavy atom. The van der Waals surface area contributed by atoms with Gasteiger partial charge in [0.1, 0.15) is 0 Å². The van der Waals surface area contributed by atoms with Crippen LogP contribution < -0.4 is 5.73 Å². The van der Waals surface area contributed by atoms with E-state index in [4.69, 9.17) is 5.73 Å². The van der Waals surface area contributed by atoms with Crippen LogP contribution in [0, 0.1) is 0 Å². The van der Waals surface area contributed by atoms with Gasteiger partial charge in [-0.2, -0.15) is 0 Å². The third-order valence-electron chi connectivity index (χ3n) is 0.354.